The number of aromatic nitrogens is 2. The highest BCUT2D eigenvalue weighted by Gasteiger charge is 2.52. The fourth-order valence-electron chi connectivity index (χ4n) is 5.98. The first-order valence-electron chi connectivity index (χ1n) is 15.8. The number of likely N-dealkylation sites (tertiary alicyclic amines) is 1. The summed E-state index contributed by atoms with van der Waals surface area (Å²) >= 11 is 0. The minimum Gasteiger partial charge on any atom is -0.444 e. The smallest absolute Gasteiger partial charge is 0.411 e. The van der Waals surface area contributed by atoms with E-state index in [0.717, 1.165) is 5.56 Å². The molecule has 2 aromatic rings. The Morgan fingerprint density at radius 1 is 1.00 bits per heavy atom. The van der Waals surface area contributed by atoms with Crippen molar-refractivity contribution in [3.05, 3.63) is 54.1 Å². The molecule has 0 radical (unpaired) electrons. The number of benzene rings is 1. The molecule has 3 amide bonds. The van der Waals surface area contributed by atoms with E-state index in [1.165, 1.54) is 35.5 Å². The summed E-state index contributed by atoms with van der Waals surface area (Å²) in [6.07, 6.45) is 2.83. The molecular weight excluding hydrogens is 596 g/mol. The van der Waals surface area contributed by atoms with Gasteiger partial charge in [0, 0.05) is 50.5 Å². The van der Waals surface area contributed by atoms with Crippen molar-refractivity contribution in [3.63, 3.8) is 0 Å². The van der Waals surface area contributed by atoms with Gasteiger partial charge < -0.3 is 14.8 Å². The molecule has 0 bridgehead atoms. The maximum absolute atomic E-state index is 15.0. The van der Waals surface area contributed by atoms with Gasteiger partial charge in [0.05, 0.1) is 24.5 Å². The third-order valence-electron chi connectivity index (χ3n) is 8.72. The Morgan fingerprint density at radius 3 is 2.15 bits per heavy atom. The molecular formula is C34H47F2N5O5. The number of rotatable bonds is 7. The monoisotopic (exact) mass is 643 g/mol. The van der Waals surface area contributed by atoms with Crippen LogP contribution >= 0.6 is 0 Å². The van der Waals surface area contributed by atoms with E-state index >= 15 is 0 Å². The number of carbonyl (C=O) groups excluding carboxylic acids is 3. The van der Waals surface area contributed by atoms with E-state index in [1.54, 1.807) is 39.8 Å². The fourth-order valence-corrected chi connectivity index (χ4v) is 5.98. The van der Waals surface area contributed by atoms with E-state index in [-0.39, 0.29) is 49.8 Å². The van der Waals surface area contributed by atoms with Crippen LogP contribution in [0.2, 0.25) is 0 Å². The minimum atomic E-state index is -2.78. The highest BCUT2D eigenvalue weighted by atomic mass is 19.3. The van der Waals surface area contributed by atoms with Crippen molar-refractivity contribution in [3.8, 4) is 0 Å². The van der Waals surface area contributed by atoms with Gasteiger partial charge in [-0.05, 0) is 63.6 Å². The van der Waals surface area contributed by atoms with Crippen molar-refractivity contribution in [1.29, 1.82) is 0 Å². The number of anilines is 1. The van der Waals surface area contributed by atoms with E-state index in [1.807, 2.05) is 12.1 Å². The summed E-state index contributed by atoms with van der Waals surface area (Å²) in [7, 11) is 1.51. The van der Waals surface area contributed by atoms with Crippen LogP contribution in [0.4, 0.5) is 19.3 Å². The van der Waals surface area contributed by atoms with Gasteiger partial charge in [0.2, 0.25) is 5.92 Å². The number of hydrogen-bond acceptors (Lipinski definition) is 7. The second-order valence-corrected chi connectivity index (χ2v) is 14.5. The van der Waals surface area contributed by atoms with Gasteiger partial charge in [0.15, 0.2) is 5.54 Å². The van der Waals surface area contributed by atoms with E-state index in [0.29, 0.717) is 5.69 Å². The van der Waals surface area contributed by atoms with E-state index < -0.39 is 53.2 Å². The molecule has 2 heterocycles. The predicted octanol–water partition coefficient (Wildman–Crippen LogP) is 5.74. The van der Waals surface area contributed by atoms with Crippen LogP contribution in [0.25, 0.3) is 0 Å². The lowest BCUT2D eigenvalue weighted by Crippen LogP contribution is -2.62. The summed E-state index contributed by atoms with van der Waals surface area (Å²) in [6, 6.07) is 5.76. The first kappa shape index (κ1) is 35.2. The van der Waals surface area contributed by atoms with E-state index in [4.69, 9.17) is 9.47 Å². The van der Waals surface area contributed by atoms with Crippen molar-refractivity contribution in [2.24, 2.45) is 0 Å². The van der Waals surface area contributed by atoms with Crippen LogP contribution in [0, 0.1) is 0 Å². The predicted molar refractivity (Wildman–Crippen MR) is 169 cm³/mol. The molecule has 1 saturated heterocycles. The molecule has 2 aliphatic rings. The molecule has 10 nitrogen and oxygen atoms in total. The molecule has 2 fully saturated rings. The number of alkyl halides is 2. The van der Waals surface area contributed by atoms with E-state index in [9.17, 15) is 23.2 Å². The average molecular weight is 644 g/mol. The number of halogens is 2. The first-order valence-corrected chi connectivity index (χ1v) is 15.8. The minimum absolute atomic E-state index is 0.0913. The van der Waals surface area contributed by atoms with Crippen molar-refractivity contribution in [2.45, 2.75) is 121 Å². The Balaban J connectivity index is 1.84. The number of nitrogens with one attached hydrogen (secondary N) is 1. The summed E-state index contributed by atoms with van der Waals surface area (Å²) < 4.78 is 39.2. The van der Waals surface area contributed by atoms with Crippen LogP contribution in [0.5, 0.6) is 0 Å². The molecule has 1 saturated carbocycles. The molecule has 0 unspecified atom stereocenters. The number of carbonyl (C=O) groups is 3. The largest absolute Gasteiger partial charge is 0.444 e. The van der Waals surface area contributed by atoms with Crippen LogP contribution < -0.4 is 10.2 Å². The van der Waals surface area contributed by atoms with Crippen LogP contribution in [-0.4, -0.2) is 76.1 Å². The van der Waals surface area contributed by atoms with Gasteiger partial charge in [-0.15, -0.1) is 0 Å². The fraction of sp³-hybridized carbons (Fsp3) is 0.618. The van der Waals surface area contributed by atoms with Crippen molar-refractivity contribution < 1.29 is 32.6 Å². The Labute approximate surface area is 270 Å². The zero-order chi connectivity index (χ0) is 34.1. The van der Waals surface area contributed by atoms with Crippen LogP contribution in [-0.2, 0) is 30.0 Å². The molecule has 1 aliphatic heterocycles. The van der Waals surface area contributed by atoms with Crippen molar-refractivity contribution in [2.75, 3.05) is 18.6 Å². The van der Waals surface area contributed by atoms with Gasteiger partial charge in [-0.1, -0.05) is 32.9 Å². The third-order valence-corrected chi connectivity index (χ3v) is 8.72. The van der Waals surface area contributed by atoms with Gasteiger partial charge in [-0.3, -0.25) is 29.4 Å². The number of amides is 3. The molecule has 0 spiro atoms. The normalized spacial score (nSPS) is 21.7. The summed E-state index contributed by atoms with van der Waals surface area (Å²) in [5, 5.41) is 2.95. The summed E-state index contributed by atoms with van der Waals surface area (Å²) in [4.78, 5) is 54.3. The molecule has 12 heteroatoms. The maximum atomic E-state index is 15.0. The lowest BCUT2D eigenvalue weighted by molar-refractivity contribution is -0.133. The number of ether oxygens (including phenoxy) is 2. The van der Waals surface area contributed by atoms with Gasteiger partial charge in [0.25, 0.3) is 11.8 Å². The Morgan fingerprint density at radius 2 is 1.63 bits per heavy atom. The Kier molecular flexibility index (Phi) is 10.1. The average Bonchev–Trinajstić information content (AvgIpc) is 3.43. The van der Waals surface area contributed by atoms with Gasteiger partial charge >= 0.3 is 6.09 Å². The zero-order valence-electron chi connectivity index (χ0n) is 28.1. The number of hydrogen-bond donors (Lipinski definition) is 1. The van der Waals surface area contributed by atoms with E-state index in [2.05, 4.69) is 36.1 Å². The number of methoxy groups -OCH3 is 1. The third kappa shape index (κ3) is 7.82. The van der Waals surface area contributed by atoms with Crippen molar-refractivity contribution >= 4 is 23.6 Å². The summed E-state index contributed by atoms with van der Waals surface area (Å²) in [5.41, 5.74) is -1.23. The second kappa shape index (κ2) is 13.2. The lowest BCUT2D eigenvalue weighted by Gasteiger charge is -2.42. The van der Waals surface area contributed by atoms with Gasteiger partial charge in [-0.2, -0.15) is 0 Å². The highest BCUT2D eigenvalue weighted by Crippen LogP contribution is 2.38. The molecule has 1 aliphatic carbocycles. The molecule has 1 N–H and O–H groups in total. The van der Waals surface area contributed by atoms with Crippen LogP contribution in [0.1, 0.15) is 91.8 Å². The quantitative estimate of drug-likeness (QED) is 0.409. The summed E-state index contributed by atoms with van der Waals surface area (Å²) in [6.45, 7) is 13.1. The molecule has 3 atom stereocenters. The Bertz CT molecular complexity index is 1380. The van der Waals surface area contributed by atoms with Crippen LogP contribution in [0.3, 0.4) is 0 Å². The van der Waals surface area contributed by atoms with Gasteiger partial charge in [0.1, 0.15) is 11.6 Å². The first-order chi connectivity index (χ1) is 21.4. The van der Waals surface area contributed by atoms with Gasteiger partial charge in [-0.25, -0.2) is 13.6 Å². The molecule has 4 rings (SSSR count). The zero-order valence-corrected chi connectivity index (χ0v) is 28.1. The maximum Gasteiger partial charge on any atom is 0.411 e. The van der Waals surface area contributed by atoms with Crippen LogP contribution in [0.15, 0.2) is 42.9 Å². The Hall–Kier alpha value is -3.67. The second-order valence-electron chi connectivity index (χ2n) is 14.5. The molecule has 252 valence electrons. The SMILES string of the molecule is CO[C@@H]1C[C@H](C(=O)N(c2ccc(C(C)(C)C)cc2)[C@@](C)(C(=O)NC2CCC(F)(F)CC2)c2cnccn2)N(C(=O)OC(C)(C)C)C1. The molecule has 1 aromatic carbocycles. The van der Waals surface area contributed by atoms with Crippen molar-refractivity contribution in [1.82, 2.24) is 20.2 Å². The standard InChI is InChI=1S/C34H47F2N5O5/c1-31(2,3)22-9-11-24(12-10-22)41(28(42)26-19-25(45-8)21-40(26)30(44)46-32(4,5)6)33(7,27-20-37-17-18-38-27)29(43)39-23-13-15-34(35,36)16-14-23/h9-12,17-18,20,23,25-26H,13-16,19,21H2,1-8H3,(H,39,43)/t25-,26-,33-/m1/s1. The summed E-state index contributed by atoms with van der Waals surface area (Å²) in [5.74, 6) is -3.92. The molecule has 1 aromatic heterocycles. The number of nitrogens with zero attached hydrogens (tertiary/aromatic N) is 4. The topological polar surface area (TPSA) is 114 Å². The molecule has 46 heavy (non-hydrogen) atoms. The highest BCUT2D eigenvalue weighted by molar-refractivity contribution is 6.06. The lowest BCUT2D eigenvalue weighted by atomic mass is 9.86.